The summed E-state index contributed by atoms with van der Waals surface area (Å²) in [6.07, 6.45) is 2.11. The van der Waals surface area contributed by atoms with Crippen molar-refractivity contribution in [2.75, 3.05) is 0 Å². The molecule has 1 nitrogen and oxygen atoms in total. The van der Waals surface area contributed by atoms with Crippen LogP contribution < -0.4 is 19.5 Å². The average Bonchev–Trinajstić information content (AvgIpc) is 3.19. The van der Waals surface area contributed by atoms with Crippen LogP contribution in [-0.2, 0) is 17.4 Å². The van der Waals surface area contributed by atoms with Gasteiger partial charge in [0.15, 0.2) is 0 Å². The van der Waals surface area contributed by atoms with Crippen molar-refractivity contribution in [3.8, 4) is 0 Å². The molecule has 0 unspecified atom stereocenters. The van der Waals surface area contributed by atoms with Crippen molar-refractivity contribution in [1.29, 1.82) is 0 Å². The molecule has 0 amide bonds. The molecular formula is C24H18ClOPTe. The molecule has 4 aromatic carbocycles. The second-order valence-electron chi connectivity index (χ2n) is 7.07. The van der Waals surface area contributed by atoms with E-state index in [1.807, 2.05) is 60.7 Å². The Hall–Kier alpha value is -1.55. The molecule has 1 aliphatic rings. The van der Waals surface area contributed by atoms with Crippen LogP contribution in [-0.4, -0.2) is 19.8 Å². The van der Waals surface area contributed by atoms with E-state index in [-0.39, 0.29) is 0 Å². The Balaban J connectivity index is 1.93. The molecule has 5 rings (SSSR count). The maximum atomic E-state index is 14.9. The van der Waals surface area contributed by atoms with Crippen molar-refractivity contribution in [3.63, 3.8) is 0 Å². The fraction of sp³-hybridized carbons (Fsp3) is 0.0833. The first-order chi connectivity index (χ1) is 13.7. The Morgan fingerprint density at radius 2 is 1.21 bits per heavy atom. The third kappa shape index (κ3) is 2.79. The van der Waals surface area contributed by atoms with E-state index in [0.29, 0.717) is 0 Å². The molecule has 1 aliphatic carbocycles. The Kier molecular flexibility index (Phi) is 4.86. The predicted octanol–water partition coefficient (Wildman–Crippen LogP) is 4.06. The van der Waals surface area contributed by atoms with E-state index in [1.54, 1.807) is 0 Å². The molecule has 0 atom stereocenters. The molecular weight excluding hydrogens is 498 g/mol. The van der Waals surface area contributed by atoms with E-state index in [2.05, 4.69) is 24.3 Å². The standard InChI is InChI=1S/C24H18ClOPTe/c25-28-22-16-14-18-12-11-17-13-15-21(24(22)23(17)18)27(26,19-7-3-1-4-8-19)20-9-5-2-6-10-20/h1-10,13-16H,11-12H2. The third-order valence-electron chi connectivity index (χ3n) is 5.60. The van der Waals surface area contributed by atoms with Gasteiger partial charge in [0.25, 0.3) is 0 Å². The molecule has 0 spiro atoms. The molecule has 0 radical (unpaired) electrons. The van der Waals surface area contributed by atoms with Crippen LogP contribution >= 0.6 is 16.1 Å². The summed E-state index contributed by atoms with van der Waals surface area (Å²) in [7, 11) is 3.47. The summed E-state index contributed by atoms with van der Waals surface area (Å²) in [4.78, 5) is 0. The molecule has 0 saturated heterocycles. The molecule has 138 valence electrons. The van der Waals surface area contributed by atoms with Crippen LogP contribution in [0.15, 0.2) is 84.9 Å². The number of benzene rings is 4. The first-order valence-electron chi connectivity index (χ1n) is 9.31. The van der Waals surface area contributed by atoms with E-state index in [9.17, 15) is 4.57 Å². The van der Waals surface area contributed by atoms with Gasteiger partial charge in [-0.2, -0.15) is 0 Å². The topological polar surface area (TPSA) is 17.1 Å². The molecule has 0 saturated carbocycles. The summed E-state index contributed by atoms with van der Waals surface area (Å²) >= 11 is -0.837. The Morgan fingerprint density at radius 1 is 0.679 bits per heavy atom. The van der Waals surface area contributed by atoms with Crippen LogP contribution in [0.1, 0.15) is 11.1 Å². The van der Waals surface area contributed by atoms with Crippen molar-refractivity contribution in [3.05, 3.63) is 96.1 Å². The van der Waals surface area contributed by atoms with Gasteiger partial charge < -0.3 is 0 Å². The monoisotopic (exact) mass is 518 g/mol. The van der Waals surface area contributed by atoms with Crippen LogP contribution in [0.5, 0.6) is 0 Å². The van der Waals surface area contributed by atoms with E-state index in [1.165, 1.54) is 20.1 Å². The van der Waals surface area contributed by atoms with Crippen molar-refractivity contribution in [2.24, 2.45) is 0 Å². The quantitative estimate of drug-likeness (QED) is 0.296. The van der Waals surface area contributed by atoms with E-state index in [0.717, 1.165) is 34.1 Å². The fourth-order valence-electron chi connectivity index (χ4n) is 4.31. The fourth-order valence-corrected chi connectivity index (χ4v) is 9.44. The van der Waals surface area contributed by atoms with Crippen LogP contribution in [0.25, 0.3) is 10.8 Å². The minimum atomic E-state index is -3.01. The Labute approximate surface area is 178 Å². The Bertz CT molecular complexity index is 1170. The first-order valence-corrected chi connectivity index (χ1v) is 15.1. The molecule has 0 aromatic heterocycles. The summed E-state index contributed by atoms with van der Waals surface area (Å²) in [6.45, 7) is 0. The zero-order valence-electron chi connectivity index (χ0n) is 15.1. The Morgan fingerprint density at radius 3 is 1.75 bits per heavy atom. The van der Waals surface area contributed by atoms with E-state index in [4.69, 9.17) is 8.96 Å². The van der Waals surface area contributed by atoms with Crippen LogP contribution in [0.2, 0.25) is 0 Å². The number of hydrogen-bond donors (Lipinski definition) is 0. The average molecular weight is 516 g/mol. The zero-order valence-corrected chi connectivity index (χ0v) is 19.1. The number of rotatable bonds is 4. The van der Waals surface area contributed by atoms with Crippen molar-refractivity contribution < 1.29 is 4.57 Å². The molecule has 0 aliphatic heterocycles. The van der Waals surface area contributed by atoms with E-state index >= 15 is 0 Å². The van der Waals surface area contributed by atoms with Crippen molar-refractivity contribution in [2.45, 2.75) is 12.8 Å². The van der Waals surface area contributed by atoms with Gasteiger partial charge in [0.1, 0.15) is 0 Å². The number of hydrogen-bond acceptors (Lipinski definition) is 1. The second-order valence-corrected chi connectivity index (χ2v) is 12.5. The molecule has 0 N–H and O–H groups in total. The van der Waals surface area contributed by atoms with Crippen molar-refractivity contribution >= 4 is 66.2 Å². The summed E-state index contributed by atoms with van der Waals surface area (Å²) in [5, 5.41) is 5.14. The van der Waals surface area contributed by atoms with Gasteiger partial charge in [-0.3, -0.25) is 0 Å². The molecule has 0 bridgehead atoms. The number of halogens is 1. The van der Waals surface area contributed by atoms with Gasteiger partial charge >= 0.3 is 180 Å². The zero-order chi connectivity index (χ0) is 19.1. The van der Waals surface area contributed by atoms with Gasteiger partial charge in [-0.1, -0.05) is 0 Å². The van der Waals surface area contributed by atoms with Gasteiger partial charge in [0.2, 0.25) is 0 Å². The van der Waals surface area contributed by atoms with Gasteiger partial charge in [0, 0.05) is 0 Å². The van der Waals surface area contributed by atoms with Gasteiger partial charge in [-0.05, 0) is 0 Å². The van der Waals surface area contributed by atoms with Crippen LogP contribution in [0.4, 0.5) is 0 Å². The summed E-state index contributed by atoms with van der Waals surface area (Å²) < 4.78 is 16.1. The maximum absolute atomic E-state index is 14.9. The van der Waals surface area contributed by atoms with Gasteiger partial charge in [-0.15, -0.1) is 0 Å². The van der Waals surface area contributed by atoms with Gasteiger partial charge in [0.05, 0.1) is 0 Å². The van der Waals surface area contributed by atoms with Crippen LogP contribution in [0, 0.1) is 0 Å². The molecule has 4 heteroatoms. The minimum absolute atomic E-state index is 0.837. The van der Waals surface area contributed by atoms with Crippen molar-refractivity contribution in [1.82, 2.24) is 0 Å². The number of aryl methyl sites for hydroxylation is 2. The predicted molar refractivity (Wildman–Crippen MR) is 122 cm³/mol. The van der Waals surface area contributed by atoms with Crippen LogP contribution in [0.3, 0.4) is 0 Å². The molecule has 0 heterocycles. The molecule has 28 heavy (non-hydrogen) atoms. The normalized spacial score (nSPS) is 13.2. The first kappa shape index (κ1) is 18.5. The SMILES string of the molecule is O=P(c1ccccc1)(c1ccccc1)c1ccc2c3c(ccc([Te]Cl)c13)CC2. The summed E-state index contributed by atoms with van der Waals surface area (Å²) in [5.41, 5.74) is 2.72. The molecule has 0 fully saturated rings. The van der Waals surface area contributed by atoms with E-state index < -0.39 is 26.9 Å². The second kappa shape index (κ2) is 7.36. The third-order valence-corrected chi connectivity index (χ3v) is 11.3. The summed E-state index contributed by atoms with van der Waals surface area (Å²) in [5.74, 6) is 0. The molecule has 4 aromatic rings. The van der Waals surface area contributed by atoms with Gasteiger partial charge in [-0.25, -0.2) is 0 Å². The summed E-state index contributed by atoms with van der Waals surface area (Å²) in [6, 6.07) is 28.5.